The van der Waals surface area contributed by atoms with Crippen molar-refractivity contribution < 1.29 is 22.7 Å². The van der Waals surface area contributed by atoms with Gasteiger partial charge in [0.2, 0.25) is 0 Å². The van der Waals surface area contributed by atoms with Crippen molar-refractivity contribution in [1.29, 1.82) is 0 Å². The molecule has 0 aliphatic carbocycles. The molecule has 2 atom stereocenters. The predicted octanol–water partition coefficient (Wildman–Crippen LogP) is 2.79. The van der Waals surface area contributed by atoms with Crippen LogP contribution in [-0.4, -0.2) is 50.3 Å². The van der Waals surface area contributed by atoms with Gasteiger partial charge in [0.15, 0.2) is 0 Å². The second kappa shape index (κ2) is 8.26. The van der Waals surface area contributed by atoms with Gasteiger partial charge in [-0.25, -0.2) is 4.79 Å². The zero-order valence-corrected chi connectivity index (χ0v) is 14.5. The second-order valence-corrected chi connectivity index (χ2v) is 6.82. The number of benzene rings is 1. The number of piperidine rings is 1. The van der Waals surface area contributed by atoms with Crippen molar-refractivity contribution in [1.82, 2.24) is 15.5 Å². The molecule has 5 nitrogen and oxygen atoms in total. The van der Waals surface area contributed by atoms with E-state index in [1.807, 2.05) is 0 Å². The summed E-state index contributed by atoms with van der Waals surface area (Å²) in [5.74, 6) is 0.444. The van der Waals surface area contributed by atoms with Crippen molar-refractivity contribution >= 4 is 6.03 Å². The van der Waals surface area contributed by atoms with E-state index in [4.69, 9.17) is 4.74 Å². The van der Waals surface area contributed by atoms with Crippen LogP contribution in [0, 0.1) is 5.92 Å². The van der Waals surface area contributed by atoms with Crippen molar-refractivity contribution in [3.63, 3.8) is 0 Å². The van der Waals surface area contributed by atoms with Gasteiger partial charge in [0, 0.05) is 13.1 Å². The lowest BCUT2D eigenvalue weighted by Gasteiger charge is -2.34. The van der Waals surface area contributed by atoms with Crippen LogP contribution in [0.3, 0.4) is 0 Å². The molecule has 0 bridgehead atoms. The van der Waals surface area contributed by atoms with Gasteiger partial charge in [0.25, 0.3) is 0 Å². The molecular formula is C18H24F3N3O2. The topological polar surface area (TPSA) is 53.6 Å². The minimum Gasteiger partial charge on any atom is -0.370 e. The zero-order chi connectivity index (χ0) is 18.6. The van der Waals surface area contributed by atoms with E-state index in [0.29, 0.717) is 37.7 Å². The van der Waals surface area contributed by atoms with E-state index in [9.17, 15) is 18.0 Å². The maximum atomic E-state index is 12.7. The first-order valence-electron chi connectivity index (χ1n) is 8.96. The average Bonchev–Trinajstić information content (AvgIpc) is 2.66. The molecule has 2 amide bonds. The average molecular weight is 371 g/mol. The van der Waals surface area contributed by atoms with E-state index in [2.05, 4.69) is 10.6 Å². The number of carbonyl (C=O) groups excluding carboxylic acids is 1. The first kappa shape index (κ1) is 19.0. The van der Waals surface area contributed by atoms with Crippen molar-refractivity contribution in [3.05, 3.63) is 35.4 Å². The molecule has 26 heavy (non-hydrogen) atoms. The maximum Gasteiger partial charge on any atom is 0.416 e. The number of nitrogens with zero attached hydrogens (tertiary/aromatic N) is 1. The third-order valence-corrected chi connectivity index (χ3v) is 4.90. The van der Waals surface area contributed by atoms with Gasteiger partial charge in [-0.05, 0) is 49.5 Å². The molecule has 2 saturated heterocycles. The normalized spacial score (nSPS) is 24.3. The van der Waals surface area contributed by atoms with Crippen LogP contribution in [0.2, 0.25) is 0 Å². The van der Waals surface area contributed by atoms with Crippen LogP contribution in [0.15, 0.2) is 24.3 Å². The Kier molecular flexibility index (Phi) is 6.03. The molecular weight excluding hydrogens is 347 g/mol. The Labute approximate surface area is 150 Å². The maximum absolute atomic E-state index is 12.7. The van der Waals surface area contributed by atoms with E-state index in [1.165, 1.54) is 12.1 Å². The molecule has 3 rings (SSSR count). The highest BCUT2D eigenvalue weighted by Gasteiger charge is 2.31. The summed E-state index contributed by atoms with van der Waals surface area (Å²) in [4.78, 5) is 14.1. The van der Waals surface area contributed by atoms with Gasteiger partial charge < -0.3 is 20.3 Å². The summed E-state index contributed by atoms with van der Waals surface area (Å²) in [7, 11) is 0. The lowest BCUT2D eigenvalue weighted by Crippen LogP contribution is -2.49. The molecule has 0 aromatic heterocycles. The Morgan fingerprint density at radius 2 is 2.08 bits per heavy atom. The SMILES string of the molecule is O=C(NCC1CCCNC1)N1CCOC(c2ccc(C(F)(F)F)cc2)C1. The number of nitrogens with one attached hydrogen (secondary N) is 2. The number of hydrogen-bond acceptors (Lipinski definition) is 3. The highest BCUT2D eigenvalue weighted by molar-refractivity contribution is 5.74. The van der Waals surface area contributed by atoms with E-state index in [-0.39, 0.29) is 6.03 Å². The van der Waals surface area contributed by atoms with E-state index < -0.39 is 17.8 Å². The van der Waals surface area contributed by atoms with Crippen molar-refractivity contribution in [2.45, 2.75) is 25.1 Å². The standard InChI is InChI=1S/C18H24F3N3O2/c19-18(20,21)15-5-3-14(4-6-15)16-12-24(8-9-26-16)17(25)23-11-13-2-1-7-22-10-13/h3-6,13,16,22H,1-2,7-12H2,(H,23,25). The number of hydrogen-bond donors (Lipinski definition) is 2. The highest BCUT2D eigenvalue weighted by atomic mass is 19.4. The summed E-state index contributed by atoms with van der Waals surface area (Å²) in [6.45, 7) is 3.75. The number of alkyl halides is 3. The minimum absolute atomic E-state index is 0.143. The van der Waals surface area contributed by atoms with Gasteiger partial charge in [-0.2, -0.15) is 13.2 Å². The van der Waals surface area contributed by atoms with Gasteiger partial charge in [-0.1, -0.05) is 12.1 Å². The molecule has 1 aromatic carbocycles. The van der Waals surface area contributed by atoms with Crippen LogP contribution < -0.4 is 10.6 Å². The Hall–Kier alpha value is -1.80. The van der Waals surface area contributed by atoms with Crippen LogP contribution in [0.4, 0.5) is 18.0 Å². The molecule has 2 fully saturated rings. The lowest BCUT2D eigenvalue weighted by molar-refractivity contribution is -0.137. The molecule has 2 aliphatic heterocycles. The fourth-order valence-corrected chi connectivity index (χ4v) is 3.36. The smallest absolute Gasteiger partial charge is 0.370 e. The van der Waals surface area contributed by atoms with E-state index in [0.717, 1.165) is 38.1 Å². The van der Waals surface area contributed by atoms with Gasteiger partial charge >= 0.3 is 12.2 Å². The van der Waals surface area contributed by atoms with E-state index in [1.54, 1.807) is 4.90 Å². The summed E-state index contributed by atoms with van der Waals surface area (Å²) in [5, 5.41) is 6.28. The monoisotopic (exact) mass is 371 g/mol. The highest BCUT2D eigenvalue weighted by Crippen LogP contribution is 2.31. The minimum atomic E-state index is -4.36. The predicted molar refractivity (Wildman–Crippen MR) is 90.7 cm³/mol. The van der Waals surface area contributed by atoms with Gasteiger partial charge in [-0.15, -0.1) is 0 Å². The molecule has 2 heterocycles. The van der Waals surface area contributed by atoms with Crippen LogP contribution in [0.5, 0.6) is 0 Å². The number of urea groups is 1. The fourth-order valence-electron chi connectivity index (χ4n) is 3.36. The van der Waals surface area contributed by atoms with Crippen molar-refractivity contribution in [2.24, 2.45) is 5.92 Å². The van der Waals surface area contributed by atoms with Crippen LogP contribution in [0.1, 0.15) is 30.1 Å². The van der Waals surface area contributed by atoms with Crippen LogP contribution in [0.25, 0.3) is 0 Å². The molecule has 0 saturated carbocycles. The number of carbonyl (C=O) groups is 1. The summed E-state index contributed by atoms with van der Waals surface area (Å²) in [6.07, 6.45) is -2.54. The summed E-state index contributed by atoms with van der Waals surface area (Å²) < 4.78 is 43.7. The number of ether oxygens (including phenoxy) is 1. The molecule has 0 spiro atoms. The number of amides is 2. The van der Waals surface area contributed by atoms with Gasteiger partial charge in [0.1, 0.15) is 6.10 Å². The molecule has 2 N–H and O–H groups in total. The lowest BCUT2D eigenvalue weighted by atomic mass is 10.00. The molecule has 1 aromatic rings. The Bertz CT molecular complexity index is 601. The van der Waals surface area contributed by atoms with Crippen molar-refractivity contribution in [2.75, 3.05) is 39.3 Å². The van der Waals surface area contributed by atoms with E-state index >= 15 is 0 Å². The number of morpholine rings is 1. The molecule has 8 heteroatoms. The number of rotatable bonds is 3. The Morgan fingerprint density at radius 1 is 1.31 bits per heavy atom. The Morgan fingerprint density at radius 3 is 2.73 bits per heavy atom. The molecule has 0 radical (unpaired) electrons. The first-order valence-corrected chi connectivity index (χ1v) is 8.96. The first-order chi connectivity index (χ1) is 12.4. The molecule has 2 aliphatic rings. The quantitative estimate of drug-likeness (QED) is 0.859. The van der Waals surface area contributed by atoms with Gasteiger partial charge in [0.05, 0.1) is 18.7 Å². The summed E-state index contributed by atoms with van der Waals surface area (Å²) >= 11 is 0. The Balaban J connectivity index is 1.54. The zero-order valence-electron chi connectivity index (χ0n) is 14.5. The van der Waals surface area contributed by atoms with Crippen LogP contribution in [-0.2, 0) is 10.9 Å². The fraction of sp³-hybridized carbons (Fsp3) is 0.611. The third-order valence-electron chi connectivity index (χ3n) is 4.90. The van der Waals surface area contributed by atoms with Gasteiger partial charge in [-0.3, -0.25) is 0 Å². The van der Waals surface area contributed by atoms with Crippen molar-refractivity contribution in [3.8, 4) is 0 Å². The largest absolute Gasteiger partial charge is 0.416 e. The molecule has 144 valence electrons. The molecule has 2 unspecified atom stereocenters. The summed E-state index contributed by atoms with van der Waals surface area (Å²) in [6, 6.07) is 4.79. The second-order valence-electron chi connectivity index (χ2n) is 6.82. The third kappa shape index (κ3) is 4.88. The van der Waals surface area contributed by atoms with Crippen LogP contribution >= 0.6 is 0 Å². The number of halogens is 3. The summed E-state index contributed by atoms with van der Waals surface area (Å²) in [5.41, 5.74) is -0.0419.